The summed E-state index contributed by atoms with van der Waals surface area (Å²) in [7, 11) is 1.97. The highest BCUT2D eigenvalue weighted by atomic mass is 79.9. The van der Waals surface area contributed by atoms with Gasteiger partial charge in [-0.25, -0.2) is 19.6 Å². The molecule has 4 rings (SSSR count). The summed E-state index contributed by atoms with van der Waals surface area (Å²) < 4.78 is 2.84. The molecule has 1 aliphatic rings. The summed E-state index contributed by atoms with van der Waals surface area (Å²) in [6.45, 7) is 1.85. The van der Waals surface area contributed by atoms with Gasteiger partial charge in [-0.1, -0.05) is 0 Å². The molecule has 3 aromatic rings. The summed E-state index contributed by atoms with van der Waals surface area (Å²) in [6, 6.07) is 2.48. The summed E-state index contributed by atoms with van der Waals surface area (Å²) in [5, 5.41) is 27.1. The number of anilines is 1. The molecule has 3 aromatic heterocycles. The fraction of sp³-hybridized carbons (Fsp3) is 0.250. The van der Waals surface area contributed by atoms with Crippen LogP contribution in [0.5, 0.6) is 0 Å². The second-order valence-electron chi connectivity index (χ2n) is 5.86. The maximum absolute atomic E-state index is 9.55. The minimum absolute atomic E-state index is 0.508. The molecule has 0 aromatic carbocycles. The molecule has 0 unspecified atom stereocenters. The number of halogens is 1. The highest BCUT2D eigenvalue weighted by Gasteiger charge is 2.29. The molecule has 0 amide bonds. The van der Waals surface area contributed by atoms with Gasteiger partial charge in [-0.2, -0.15) is 0 Å². The van der Waals surface area contributed by atoms with Gasteiger partial charge in [-0.15, -0.1) is 10.2 Å². The van der Waals surface area contributed by atoms with Crippen LogP contribution < -0.4 is 10.2 Å². The van der Waals surface area contributed by atoms with Gasteiger partial charge in [-0.05, 0) is 29.0 Å². The summed E-state index contributed by atoms with van der Waals surface area (Å²) >= 11 is 3.43. The van der Waals surface area contributed by atoms with E-state index in [2.05, 4.69) is 46.3 Å². The minimum Gasteiger partial charge on any atom is -0.478 e. The maximum atomic E-state index is 9.55. The zero-order valence-electron chi connectivity index (χ0n) is 14.7. The first kappa shape index (κ1) is 19.6. The number of nitrogens with zero attached hydrogens (tertiary/aromatic N) is 6. The summed E-state index contributed by atoms with van der Waals surface area (Å²) in [6.07, 6.45) is 4.57. The summed E-state index contributed by atoms with van der Waals surface area (Å²) in [5.74, 6) is -1.67. The lowest BCUT2D eigenvalue weighted by Crippen LogP contribution is -2.57. The van der Waals surface area contributed by atoms with Crippen LogP contribution in [0.15, 0.2) is 35.2 Å². The van der Waals surface area contributed by atoms with Crippen molar-refractivity contribution in [3.05, 3.63) is 35.2 Å². The fourth-order valence-corrected chi connectivity index (χ4v) is 2.91. The first-order valence-electron chi connectivity index (χ1n) is 8.10. The summed E-state index contributed by atoms with van der Waals surface area (Å²) in [4.78, 5) is 30.3. The molecule has 12 heteroatoms. The van der Waals surface area contributed by atoms with Crippen LogP contribution in [0.25, 0.3) is 16.8 Å². The third kappa shape index (κ3) is 4.23. The Kier molecular flexibility index (Phi) is 5.80. The number of rotatable bonds is 4. The van der Waals surface area contributed by atoms with E-state index in [-0.39, 0.29) is 0 Å². The van der Waals surface area contributed by atoms with Gasteiger partial charge in [0.15, 0.2) is 11.5 Å². The van der Waals surface area contributed by atoms with Crippen molar-refractivity contribution in [3.8, 4) is 0 Å². The van der Waals surface area contributed by atoms with E-state index in [9.17, 15) is 9.59 Å². The molecule has 0 bridgehead atoms. The van der Waals surface area contributed by atoms with Gasteiger partial charge in [-0.3, -0.25) is 4.40 Å². The number of pyridine rings is 1. The van der Waals surface area contributed by atoms with Gasteiger partial charge in [0, 0.05) is 42.0 Å². The van der Waals surface area contributed by atoms with Crippen molar-refractivity contribution in [2.45, 2.75) is 6.04 Å². The molecule has 1 fully saturated rings. The van der Waals surface area contributed by atoms with E-state index in [1.54, 1.807) is 12.5 Å². The molecule has 1 saturated heterocycles. The standard InChI is InChI=1S/C12H12BrN7.C4H4O4/c1-14-8-4-19(5-8)11-12-18-16-6-20(12)9-2-7(13)3-15-10(9)17-11;5-3(6)1-2-4(7)8/h2-3,6,8,14H,4-5H2,1H3;1-2H,(H,5,6)(H,7,8)/b;2-1-. The first-order valence-corrected chi connectivity index (χ1v) is 8.89. The molecule has 1 aliphatic heterocycles. The number of aromatic nitrogens is 5. The number of hydrogen-bond acceptors (Lipinski definition) is 8. The van der Waals surface area contributed by atoms with E-state index in [1.165, 1.54) is 0 Å². The Morgan fingerprint density at radius 1 is 1.29 bits per heavy atom. The number of carbonyl (C=O) groups is 2. The number of nitrogens with one attached hydrogen (secondary N) is 1. The molecule has 0 spiro atoms. The third-order valence-electron chi connectivity index (χ3n) is 3.99. The van der Waals surface area contributed by atoms with E-state index in [4.69, 9.17) is 10.2 Å². The van der Waals surface area contributed by atoms with Crippen LogP contribution in [0.4, 0.5) is 5.82 Å². The van der Waals surface area contributed by atoms with Crippen molar-refractivity contribution in [2.24, 2.45) is 0 Å². The van der Waals surface area contributed by atoms with Gasteiger partial charge >= 0.3 is 11.9 Å². The molecule has 0 atom stereocenters. The molecular formula is C16H16BrN7O4. The normalized spacial score (nSPS) is 14.1. The van der Waals surface area contributed by atoms with Crippen molar-refractivity contribution in [3.63, 3.8) is 0 Å². The van der Waals surface area contributed by atoms with Gasteiger partial charge in [0.2, 0.25) is 5.65 Å². The molecule has 146 valence electrons. The molecule has 28 heavy (non-hydrogen) atoms. The van der Waals surface area contributed by atoms with Crippen molar-refractivity contribution < 1.29 is 19.8 Å². The van der Waals surface area contributed by atoms with Crippen LogP contribution in [0.1, 0.15) is 0 Å². The second kappa shape index (κ2) is 8.27. The maximum Gasteiger partial charge on any atom is 0.328 e. The van der Waals surface area contributed by atoms with Crippen LogP contribution in [-0.4, -0.2) is 72.9 Å². The molecule has 3 N–H and O–H groups in total. The lowest BCUT2D eigenvalue weighted by atomic mass is 10.1. The van der Waals surface area contributed by atoms with E-state index >= 15 is 0 Å². The van der Waals surface area contributed by atoms with Crippen LogP contribution in [-0.2, 0) is 9.59 Å². The molecule has 0 aliphatic carbocycles. The lowest BCUT2D eigenvalue weighted by molar-refractivity contribution is -0.134. The van der Waals surface area contributed by atoms with E-state index in [0.717, 1.165) is 34.5 Å². The zero-order chi connectivity index (χ0) is 20.3. The number of carboxylic acids is 2. The summed E-state index contributed by atoms with van der Waals surface area (Å²) in [5.41, 5.74) is 2.36. The first-order chi connectivity index (χ1) is 13.4. The van der Waals surface area contributed by atoms with Crippen molar-refractivity contribution in [2.75, 3.05) is 25.0 Å². The number of hydrogen-bond donors (Lipinski definition) is 3. The Balaban J connectivity index is 0.000000242. The van der Waals surface area contributed by atoms with E-state index in [1.807, 2.05) is 17.5 Å². The van der Waals surface area contributed by atoms with Crippen molar-refractivity contribution in [1.82, 2.24) is 29.9 Å². The van der Waals surface area contributed by atoms with Gasteiger partial charge in [0.1, 0.15) is 6.33 Å². The van der Waals surface area contributed by atoms with Crippen LogP contribution >= 0.6 is 15.9 Å². The smallest absolute Gasteiger partial charge is 0.328 e. The fourth-order valence-electron chi connectivity index (χ4n) is 2.59. The monoisotopic (exact) mass is 449 g/mol. The van der Waals surface area contributed by atoms with Gasteiger partial charge in [0.05, 0.1) is 5.52 Å². The third-order valence-corrected chi connectivity index (χ3v) is 4.42. The topological polar surface area (TPSA) is 146 Å². The Labute approximate surface area is 166 Å². The van der Waals surface area contributed by atoms with Gasteiger partial charge in [0.25, 0.3) is 0 Å². The van der Waals surface area contributed by atoms with Crippen LogP contribution in [0.3, 0.4) is 0 Å². The largest absolute Gasteiger partial charge is 0.478 e. The molecule has 11 nitrogen and oxygen atoms in total. The Hall–Kier alpha value is -3.12. The molecule has 4 heterocycles. The highest BCUT2D eigenvalue weighted by Crippen LogP contribution is 2.26. The zero-order valence-corrected chi connectivity index (χ0v) is 16.2. The highest BCUT2D eigenvalue weighted by molar-refractivity contribution is 9.10. The van der Waals surface area contributed by atoms with Crippen molar-refractivity contribution in [1.29, 1.82) is 0 Å². The van der Waals surface area contributed by atoms with Crippen LogP contribution in [0.2, 0.25) is 0 Å². The Morgan fingerprint density at radius 2 is 1.96 bits per heavy atom. The predicted octanol–water partition coefficient (Wildman–Crippen LogP) is 0.555. The Bertz CT molecular complexity index is 1050. The number of carboxylic acid groups (broad SMARTS) is 2. The van der Waals surface area contributed by atoms with E-state index in [0.29, 0.717) is 23.8 Å². The Morgan fingerprint density at radius 3 is 2.57 bits per heavy atom. The number of aliphatic carboxylic acids is 2. The quantitative estimate of drug-likeness (QED) is 0.482. The molecule has 0 radical (unpaired) electrons. The van der Waals surface area contributed by atoms with Crippen molar-refractivity contribution >= 4 is 50.5 Å². The van der Waals surface area contributed by atoms with Crippen LogP contribution in [0, 0.1) is 0 Å². The number of likely N-dealkylation sites (N-methyl/N-ethyl adjacent to an activating group) is 1. The molecule has 0 saturated carbocycles. The average Bonchev–Trinajstić information content (AvgIpc) is 3.10. The minimum atomic E-state index is -1.26. The number of fused-ring (bicyclic) bond motifs is 3. The lowest BCUT2D eigenvalue weighted by Gasteiger charge is -2.39. The second-order valence-corrected chi connectivity index (χ2v) is 6.77. The average molecular weight is 450 g/mol. The van der Waals surface area contributed by atoms with E-state index < -0.39 is 11.9 Å². The SMILES string of the molecule is CNC1CN(c2nc3ncc(Br)cc3n3cnnc23)C1.O=C(O)/C=C\C(=O)O. The predicted molar refractivity (Wildman–Crippen MR) is 103 cm³/mol. The van der Waals surface area contributed by atoms with Gasteiger partial charge < -0.3 is 20.4 Å². The molecular weight excluding hydrogens is 434 g/mol.